The van der Waals surface area contributed by atoms with Crippen LogP contribution >= 0.6 is 35.3 Å². The number of fused-ring (bicyclic) bond motifs is 1. The Balaban J connectivity index is 1.71. The molecule has 9 heteroatoms. The number of methoxy groups -OCH3 is 1. The summed E-state index contributed by atoms with van der Waals surface area (Å²) in [6, 6.07) is 22.7. The maximum Gasteiger partial charge on any atom is 0.278 e. The number of rotatable bonds is 7. The van der Waals surface area contributed by atoms with Crippen molar-refractivity contribution in [3.8, 4) is 17.1 Å². The fourth-order valence-electron chi connectivity index (χ4n) is 4.12. The monoisotopic (exact) mass is 545 g/mol. The van der Waals surface area contributed by atoms with Crippen LogP contribution in [0.25, 0.3) is 21.7 Å². The fourth-order valence-corrected chi connectivity index (χ4v) is 6.39. The van der Waals surface area contributed by atoms with Gasteiger partial charge in [0.2, 0.25) is 0 Å². The van der Waals surface area contributed by atoms with Crippen LogP contribution in [0.5, 0.6) is 5.75 Å². The van der Waals surface area contributed by atoms with Gasteiger partial charge in [-0.1, -0.05) is 59.5 Å². The summed E-state index contributed by atoms with van der Waals surface area (Å²) in [5.41, 5.74) is 4.46. The Kier molecular flexibility index (Phi) is 7.10. The van der Waals surface area contributed by atoms with E-state index in [0.29, 0.717) is 36.5 Å². The summed E-state index contributed by atoms with van der Waals surface area (Å²) < 4.78 is 10.1. The predicted octanol–water partition coefficient (Wildman–Crippen LogP) is 6.78. The number of para-hydroxylation sites is 2. The van der Waals surface area contributed by atoms with E-state index in [1.54, 1.807) is 23.8 Å². The number of carbonyl (C=O) groups excluding carboxylic acids is 1. The van der Waals surface area contributed by atoms with Crippen LogP contribution in [-0.2, 0) is 5.75 Å². The van der Waals surface area contributed by atoms with E-state index in [2.05, 4.69) is 0 Å². The second-order valence-electron chi connectivity index (χ2n) is 8.38. The highest BCUT2D eigenvalue weighted by Gasteiger charge is 2.20. The van der Waals surface area contributed by atoms with Gasteiger partial charge in [-0.15, -0.1) is 0 Å². The number of aryl methyl sites for hydroxylation is 1. The number of hydrogen-bond acceptors (Lipinski definition) is 7. The summed E-state index contributed by atoms with van der Waals surface area (Å²) in [7, 11) is 1.60. The summed E-state index contributed by atoms with van der Waals surface area (Å²) >= 11 is 8.38. The molecule has 0 saturated heterocycles. The molecule has 186 valence electrons. The van der Waals surface area contributed by atoms with E-state index in [1.807, 2.05) is 72.2 Å². The van der Waals surface area contributed by atoms with E-state index in [0.717, 1.165) is 22.5 Å². The summed E-state index contributed by atoms with van der Waals surface area (Å²) in [6.45, 7) is 3.55. The number of carbonyl (C=O) groups is 1. The molecule has 0 radical (unpaired) electrons. The molecule has 5 aromatic rings. The van der Waals surface area contributed by atoms with Crippen molar-refractivity contribution in [3.05, 3.63) is 104 Å². The van der Waals surface area contributed by atoms with Crippen molar-refractivity contribution in [3.63, 3.8) is 0 Å². The Morgan fingerprint density at radius 1 is 1.05 bits per heavy atom. The molecule has 0 unspecified atom stereocenters. The molecular formula is C28H23N3O3S3. The van der Waals surface area contributed by atoms with Crippen molar-refractivity contribution in [1.29, 1.82) is 0 Å². The Labute approximate surface area is 227 Å². The number of ether oxygens (including phenoxy) is 1. The quantitative estimate of drug-likeness (QED) is 0.0972. The first-order chi connectivity index (χ1) is 17.9. The standard InChI is InChI=1S/C28H23N3O3S3/c1-17-9-7-8-12-22(17)31-25-24(37-28(31)35)26(33)30(21-10-5-4-6-11-21)27(29-25)36-16-20-15-19(18(2)32)13-14-23(20)34-3/h4-15H,16H2,1-3H3. The fraction of sp³-hybridized carbons (Fsp3) is 0.143. The Morgan fingerprint density at radius 3 is 2.49 bits per heavy atom. The van der Waals surface area contributed by atoms with Crippen molar-refractivity contribution in [2.45, 2.75) is 24.8 Å². The molecule has 0 aliphatic rings. The molecule has 37 heavy (non-hydrogen) atoms. The second kappa shape index (κ2) is 10.5. The lowest BCUT2D eigenvalue weighted by Crippen LogP contribution is -2.21. The zero-order chi connectivity index (χ0) is 26.1. The van der Waals surface area contributed by atoms with Crippen molar-refractivity contribution in [1.82, 2.24) is 14.1 Å². The van der Waals surface area contributed by atoms with Crippen LogP contribution in [0.3, 0.4) is 0 Å². The molecule has 0 spiro atoms. The topological polar surface area (TPSA) is 66.1 Å². The van der Waals surface area contributed by atoms with Gasteiger partial charge in [0.05, 0.1) is 18.5 Å². The van der Waals surface area contributed by atoms with Crippen LogP contribution < -0.4 is 10.3 Å². The average molecular weight is 546 g/mol. The Morgan fingerprint density at radius 2 is 1.78 bits per heavy atom. The summed E-state index contributed by atoms with van der Waals surface area (Å²) in [4.78, 5) is 30.9. The molecule has 5 rings (SSSR count). The minimum atomic E-state index is -0.174. The normalized spacial score (nSPS) is 11.1. The third kappa shape index (κ3) is 4.77. The largest absolute Gasteiger partial charge is 0.496 e. The number of hydrogen-bond donors (Lipinski definition) is 0. The van der Waals surface area contributed by atoms with Crippen molar-refractivity contribution >= 4 is 51.4 Å². The molecule has 2 aromatic heterocycles. The predicted molar refractivity (Wildman–Crippen MR) is 153 cm³/mol. The van der Waals surface area contributed by atoms with Gasteiger partial charge in [0.15, 0.2) is 20.5 Å². The third-order valence-electron chi connectivity index (χ3n) is 5.99. The lowest BCUT2D eigenvalue weighted by atomic mass is 10.1. The highest BCUT2D eigenvalue weighted by Crippen LogP contribution is 2.32. The number of Topliss-reactive ketones (excluding diaryl/α,β-unsaturated/α-hetero) is 1. The van der Waals surface area contributed by atoms with E-state index in [1.165, 1.54) is 30.0 Å². The van der Waals surface area contributed by atoms with Gasteiger partial charge < -0.3 is 4.74 Å². The smallest absolute Gasteiger partial charge is 0.278 e. The van der Waals surface area contributed by atoms with Gasteiger partial charge in [-0.05, 0) is 68.0 Å². The van der Waals surface area contributed by atoms with E-state index in [4.69, 9.17) is 21.9 Å². The van der Waals surface area contributed by atoms with Gasteiger partial charge in [-0.3, -0.25) is 18.7 Å². The average Bonchev–Trinajstić information content (AvgIpc) is 3.24. The van der Waals surface area contributed by atoms with Crippen LogP contribution in [0.2, 0.25) is 0 Å². The highest BCUT2D eigenvalue weighted by molar-refractivity contribution is 7.98. The number of aromatic nitrogens is 3. The van der Waals surface area contributed by atoms with Crippen molar-refractivity contribution in [2.24, 2.45) is 0 Å². The van der Waals surface area contributed by atoms with Gasteiger partial charge in [-0.25, -0.2) is 4.98 Å². The number of ketones is 1. The molecule has 0 fully saturated rings. The SMILES string of the molecule is COc1ccc(C(C)=O)cc1CSc1nc2c(sc(=S)n2-c2ccccc2C)c(=O)n1-c1ccccc1. The van der Waals surface area contributed by atoms with Gasteiger partial charge in [0, 0.05) is 16.9 Å². The van der Waals surface area contributed by atoms with Crippen molar-refractivity contribution < 1.29 is 9.53 Å². The van der Waals surface area contributed by atoms with E-state index >= 15 is 0 Å². The molecule has 0 atom stereocenters. The molecule has 3 aromatic carbocycles. The second-order valence-corrected chi connectivity index (χ2v) is 11.0. The first-order valence-electron chi connectivity index (χ1n) is 11.5. The van der Waals surface area contributed by atoms with Gasteiger partial charge in [-0.2, -0.15) is 0 Å². The zero-order valence-electron chi connectivity index (χ0n) is 20.4. The van der Waals surface area contributed by atoms with Crippen molar-refractivity contribution in [2.75, 3.05) is 7.11 Å². The summed E-state index contributed by atoms with van der Waals surface area (Å²) in [5.74, 6) is 1.10. The Bertz CT molecular complexity index is 1750. The zero-order valence-corrected chi connectivity index (χ0v) is 22.9. The van der Waals surface area contributed by atoms with E-state index in [9.17, 15) is 9.59 Å². The summed E-state index contributed by atoms with van der Waals surface area (Å²) in [5, 5.41) is 0.522. The first-order valence-corrected chi connectivity index (χ1v) is 13.7. The molecule has 6 nitrogen and oxygen atoms in total. The maximum atomic E-state index is 13.9. The molecule has 0 saturated carbocycles. The molecule has 0 N–H and O–H groups in total. The molecule has 2 heterocycles. The Hall–Kier alpha value is -3.53. The number of benzene rings is 3. The lowest BCUT2D eigenvalue weighted by molar-refractivity contribution is 0.101. The number of thioether (sulfide) groups is 1. The van der Waals surface area contributed by atoms with Crippen LogP contribution in [0, 0.1) is 10.9 Å². The van der Waals surface area contributed by atoms with Crippen LogP contribution in [0.15, 0.2) is 82.7 Å². The molecular weight excluding hydrogens is 523 g/mol. The third-order valence-corrected chi connectivity index (χ3v) is 8.33. The number of thiazole rings is 1. The van der Waals surface area contributed by atoms with Gasteiger partial charge >= 0.3 is 0 Å². The van der Waals surface area contributed by atoms with E-state index in [-0.39, 0.29) is 11.3 Å². The van der Waals surface area contributed by atoms with Crippen LogP contribution in [0.4, 0.5) is 0 Å². The van der Waals surface area contributed by atoms with Gasteiger partial charge in [0.1, 0.15) is 10.4 Å². The molecule has 0 amide bonds. The summed E-state index contributed by atoms with van der Waals surface area (Å²) in [6.07, 6.45) is 0. The molecule has 0 aliphatic carbocycles. The molecule has 0 bridgehead atoms. The highest BCUT2D eigenvalue weighted by atomic mass is 32.2. The van der Waals surface area contributed by atoms with E-state index < -0.39 is 0 Å². The minimum Gasteiger partial charge on any atom is -0.496 e. The maximum absolute atomic E-state index is 13.9. The van der Waals surface area contributed by atoms with Gasteiger partial charge in [0.25, 0.3) is 5.56 Å². The minimum absolute atomic E-state index is 0.0230. The number of nitrogens with zero attached hydrogens (tertiary/aromatic N) is 3. The van der Waals surface area contributed by atoms with Crippen LogP contribution in [0.1, 0.15) is 28.4 Å². The van der Waals surface area contributed by atoms with Crippen LogP contribution in [-0.4, -0.2) is 27.0 Å². The molecule has 0 aliphatic heterocycles. The lowest BCUT2D eigenvalue weighted by Gasteiger charge is -2.14. The first kappa shape index (κ1) is 25.1.